The predicted molar refractivity (Wildman–Crippen MR) is 206 cm³/mol. The highest BCUT2D eigenvalue weighted by atomic mass is 16.6. The molecule has 2 bridgehead atoms. The molecule has 4 aromatic carbocycles. The Kier molecular flexibility index (Phi) is 10.5. The number of aliphatic hydroxyl groups is 2. The summed E-state index contributed by atoms with van der Waals surface area (Å²) in [5, 5.41) is 39.1. The number of aliphatic hydroxyl groups excluding tert-OH is 1. The maximum absolute atomic E-state index is 13.9. The zero-order valence-corrected chi connectivity index (χ0v) is 31.1. The molecule has 55 heavy (non-hydrogen) atoms. The van der Waals surface area contributed by atoms with E-state index in [1.165, 1.54) is 6.07 Å². The summed E-state index contributed by atoms with van der Waals surface area (Å²) >= 11 is 0. The van der Waals surface area contributed by atoms with E-state index in [9.17, 15) is 24.9 Å². The molecule has 288 valence electrons. The van der Waals surface area contributed by atoms with Crippen LogP contribution in [0.1, 0.15) is 66.0 Å². The fraction of sp³-hybridized carbons (Fsp3) is 0.409. The molecule has 0 saturated heterocycles. The summed E-state index contributed by atoms with van der Waals surface area (Å²) in [4.78, 5) is 28.1. The molecule has 0 aromatic heterocycles. The molecule has 0 radical (unpaired) electrons. The highest BCUT2D eigenvalue weighted by Crippen LogP contribution is 2.53. The molecule has 2 saturated carbocycles. The Balaban J connectivity index is 0.773. The van der Waals surface area contributed by atoms with Crippen LogP contribution < -0.4 is 20.1 Å². The van der Waals surface area contributed by atoms with Gasteiger partial charge in [-0.2, -0.15) is 0 Å². The first-order valence-electron chi connectivity index (χ1n) is 19.4. The second-order valence-corrected chi connectivity index (χ2v) is 15.5. The molecule has 0 spiro atoms. The van der Waals surface area contributed by atoms with Crippen LogP contribution in [0.2, 0.25) is 0 Å². The minimum atomic E-state index is -1.93. The number of fused-ring (bicyclic) bond motifs is 5. The number of ether oxygens (including phenoxy) is 3. The van der Waals surface area contributed by atoms with Gasteiger partial charge in [0, 0.05) is 49.6 Å². The second-order valence-electron chi connectivity index (χ2n) is 15.5. The third-order valence-electron chi connectivity index (χ3n) is 12.0. The molecule has 1 amide bonds. The van der Waals surface area contributed by atoms with Gasteiger partial charge in [0.2, 0.25) is 11.5 Å². The minimum absolute atomic E-state index is 0.0139. The number of amides is 1. The highest BCUT2D eigenvalue weighted by Gasteiger charge is 2.54. The summed E-state index contributed by atoms with van der Waals surface area (Å²) in [5.41, 5.74) is 1.83. The number of hydrogen-bond acceptors (Lipinski definition) is 10. The van der Waals surface area contributed by atoms with E-state index in [-0.39, 0.29) is 23.7 Å². The van der Waals surface area contributed by atoms with E-state index in [2.05, 4.69) is 22.6 Å². The van der Waals surface area contributed by atoms with Crippen LogP contribution in [-0.4, -0.2) is 71.5 Å². The lowest BCUT2D eigenvalue weighted by atomic mass is 9.83. The highest BCUT2D eigenvalue weighted by molar-refractivity contribution is 5.96. The largest absolute Gasteiger partial charge is 0.506 e. The zero-order valence-electron chi connectivity index (χ0n) is 31.1. The summed E-state index contributed by atoms with van der Waals surface area (Å²) < 4.78 is 18.3. The van der Waals surface area contributed by atoms with Crippen molar-refractivity contribution in [1.82, 2.24) is 10.2 Å². The maximum atomic E-state index is 13.9. The van der Waals surface area contributed by atoms with Gasteiger partial charge in [0.05, 0.1) is 18.4 Å². The molecule has 5 atom stereocenters. The number of nitrogens with zero attached hydrogens (tertiary/aromatic N) is 1. The molecule has 2 aliphatic carbocycles. The van der Waals surface area contributed by atoms with Gasteiger partial charge in [0.15, 0.2) is 0 Å². The van der Waals surface area contributed by atoms with Gasteiger partial charge in [-0.15, -0.1) is 0 Å². The van der Waals surface area contributed by atoms with E-state index in [0.29, 0.717) is 78.3 Å². The van der Waals surface area contributed by atoms with Gasteiger partial charge in [-0.25, -0.2) is 4.79 Å². The number of phenols is 1. The number of esters is 1. The number of carbonyl (C=O) groups excluding carboxylic acids is 2. The van der Waals surface area contributed by atoms with Crippen LogP contribution in [0.25, 0.3) is 0 Å². The topological polar surface area (TPSA) is 150 Å². The van der Waals surface area contributed by atoms with Gasteiger partial charge in [-0.1, -0.05) is 54.6 Å². The Hall–Kier alpha value is -4.94. The van der Waals surface area contributed by atoms with Crippen molar-refractivity contribution in [2.75, 3.05) is 38.6 Å². The molecule has 2 aliphatic heterocycles. The standard InChI is InChI=1S/C44H49N3O8/c1-47(21-6-22-53-29-14-11-27(12-15-29)24-45-25-37(49)30-17-19-36(48)42-32(30)18-20-41(50)46-42)26-33-28-13-16-31(33)40(23-28)55-43(51)44(52)34-7-2-4-9-38(34)54-39-10-5-3-8-35(39)44/h2-5,7-12,14-15,17,19,28,31,33,37,40,45,48-49,52H,6,13,16,18,20-26H2,1H3,(H,46,50)/t28?,31?,33?,37-,40?/m0/s1. The summed E-state index contributed by atoms with van der Waals surface area (Å²) in [6.45, 7) is 3.30. The molecular weight excluding hydrogens is 698 g/mol. The smallest absolute Gasteiger partial charge is 0.348 e. The van der Waals surface area contributed by atoms with Gasteiger partial charge >= 0.3 is 5.97 Å². The van der Waals surface area contributed by atoms with Crippen LogP contribution in [0.4, 0.5) is 5.69 Å². The van der Waals surface area contributed by atoms with Crippen molar-refractivity contribution in [3.05, 3.63) is 113 Å². The summed E-state index contributed by atoms with van der Waals surface area (Å²) in [7, 11) is 2.14. The van der Waals surface area contributed by atoms with Gasteiger partial charge in [-0.3, -0.25) is 4.79 Å². The molecule has 4 aliphatic rings. The molecule has 4 aromatic rings. The number of phenolic OH excluding ortho intramolecular Hbond substituents is 1. The number of hydrogen-bond donors (Lipinski definition) is 5. The van der Waals surface area contributed by atoms with Crippen LogP contribution in [0, 0.1) is 17.8 Å². The fourth-order valence-corrected chi connectivity index (χ4v) is 9.20. The Labute approximate surface area is 321 Å². The number of carbonyl (C=O) groups is 2. The van der Waals surface area contributed by atoms with Crippen molar-refractivity contribution in [1.29, 1.82) is 0 Å². The molecule has 8 rings (SSSR count). The van der Waals surface area contributed by atoms with Gasteiger partial charge in [0.1, 0.15) is 29.1 Å². The van der Waals surface area contributed by atoms with Crippen LogP contribution in [0.3, 0.4) is 0 Å². The van der Waals surface area contributed by atoms with Crippen molar-refractivity contribution in [2.45, 2.75) is 62.9 Å². The average Bonchev–Trinajstić information content (AvgIpc) is 3.72. The van der Waals surface area contributed by atoms with E-state index < -0.39 is 17.7 Å². The van der Waals surface area contributed by atoms with Crippen molar-refractivity contribution in [3.63, 3.8) is 0 Å². The van der Waals surface area contributed by atoms with E-state index in [0.717, 1.165) is 55.6 Å². The van der Waals surface area contributed by atoms with Crippen molar-refractivity contribution < 1.29 is 39.1 Å². The third kappa shape index (κ3) is 7.41. The first-order chi connectivity index (χ1) is 26.7. The molecule has 11 nitrogen and oxygen atoms in total. The molecular formula is C44H49N3O8. The number of nitrogens with one attached hydrogen (secondary N) is 2. The summed E-state index contributed by atoms with van der Waals surface area (Å²) in [6.07, 6.45) is 3.66. The number of rotatable bonds is 14. The maximum Gasteiger partial charge on any atom is 0.348 e. The number of aromatic hydroxyl groups is 1. The summed E-state index contributed by atoms with van der Waals surface area (Å²) in [6, 6.07) is 25.4. The van der Waals surface area contributed by atoms with Crippen LogP contribution >= 0.6 is 0 Å². The van der Waals surface area contributed by atoms with Gasteiger partial charge in [0.25, 0.3) is 0 Å². The van der Waals surface area contributed by atoms with Crippen LogP contribution in [-0.2, 0) is 32.9 Å². The first kappa shape index (κ1) is 37.0. The molecule has 5 N–H and O–H groups in total. The van der Waals surface area contributed by atoms with E-state index >= 15 is 0 Å². The first-order valence-corrected chi connectivity index (χ1v) is 19.4. The molecule has 4 unspecified atom stereocenters. The Morgan fingerprint density at radius 3 is 2.47 bits per heavy atom. The number of para-hydroxylation sites is 2. The molecule has 11 heteroatoms. The lowest BCUT2D eigenvalue weighted by molar-refractivity contribution is -0.171. The quantitative estimate of drug-likeness (QED) is 0.0609. The lowest BCUT2D eigenvalue weighted by Crippen LogP contribution is -2.43. The Morgan fingerprint density at radius 1 is 1.00 bits per heavy atom. The SMILES string of the molecule is CN(CCCOc1ccc(CNC[C@H](O)c2ccc(O)c3c2CCC(=O)N3)cc1)CC1C2CCC1C(OC(=O)C1(O)c3ccccc3Oc3ccccc31)C2. The van der Waals surface area contributed by atoms with E-state index in [1.807, 2.05) is 36.4 Å². The lowest BCUT2D eigenvalue weighted by Gasteiger charge is -2.35. The van der Waals surface area contributed by atoms with E-state index in [1.54, 1.807) is 42.5 Å². The molecule has 2 fully saturated rings. The third-order valence-corrected chi connectivity index (χ3v) is 12.0. The fourth-order valence-electron chi connectivity index (χ4n) is 9.20. The average molecular weight is 748 g/mol. The van der Waals surface area contributed by atoms with Crippen LogP contribution in [0.5, 0.6) is 23.0 Å². The van der Waals surface area contributed by atoms with Crippen molar-refractivity contribution in [2.24, 2.45) is 17.8 Å². The monoisotopic (exact) mass is 747 g/mol. The number of benzene rings is 4. The minimum Gasteiger partial charge on any atom is -0.506 e. The van der Waals surface area contributed by atoms with Gasteiger partial charge < -0.3 is 45.1 Å². The summed E-state index contributed by atoms with van der Waals surface area (Å²) in [5.74, 6) is 2.15. The second kappa shape index (κ2) is 15.7. The van der Waals surface area contributed by atoms with Crippen LogP contribution in [0.15, 0.2) is 84.9 Å². The predicted octanol–water partition coefficient (Wildman–Crippen LogP) is 5.80. The van der Waals surface area contributed by atoms with Crippen molar-refractivity contribution >= 4 is 17.6 Å². The Bertz CT molecular complexity index is 1990. The van der Waals surface area contributed by atoms with E-state index in [4.69, 9.17) is 14.2 Å². The van der Waals surface area contributed by atoms with Gasteiger partial charge in [-0.05, 0) is 98.0 Å². The molecule has 2 heterocycles. The Morgan fingerprint density at radius 2 is 1.73 bits per heavy atom. The normalized spacial score (nSPS) is 22.2. The zero-order chi connectivity index (χ0) is 38.1. The van der Waals surface area contributed by atoms with Crippen molar-refractivity contribution in [3.8, 4) is 23.0 Å². The number of anilines is 1.